The zero-order valence-corrected chi connectivity index (χ0v) is 17.1. The molecule has 0 radical (unpaired) electrons. The van der Waals surface area contributed by atoms with Gasteiger partial charge in [-0.05, 0) is 48.9 Å². The van der Waals surface area contributed by atoms with E-state index in [0.29, 0.717) is 43.2 Å². The summed E-state index contributed by atoms with van der Waals surface area (Å²) in [6.07, 6.45) is 1.01. The summed E-state index contributed by atoms with van der Waals surface area (Å²) in [5, 5.41) is 3.29. The zero-order valence-electron chi connectivity index (χ0n) is 16.3. The molecule has 0 unspecified atom stereocenters. The van der Waals surface area contributed by atoms with E-state index in [4.69, 9.17) is 16.3 Å². The highest BCUT2D eigenvalue weighted by atomic mass is 35.5. The predicted molar refractivity (Wildman–Crippen MR) is 105 cm³/mol. The third-order valence-electron chi connectivity index (χ3n) is 4.63. The molecule has 0 saturated carbocycles. The Bertz CT molecular complexity index is 719. The van der Waals surface area contributed by atoms with Crippen LogP contribution in [0.2, 0.25) is 5.02 Å². The molecule has 1 saturated heterocycles. The van der Waals surface area contributed by atoms with Gasteiger partial charge in [0.05, 0.1) is 12.5 Å². The molecule has 1 fully saturated rings. The van der Waals surface area contributed by atoms with Crippen molar-refractivity contribution in [1.82, 2.24) is 4.90 Å². The van der Waals surface area contributed by atoms with Gasteiger partial charge in [-0.25, -0.2) is 0 Å². The number of benzene rings is 1. The first-order chi connectivity index (χ1) is 12.6. The molecule has 1 aliphatic rings. The monoisotopic (exact) mass is 394 g/mol. The number of halogens is 1. The van der Waals surface area contributed by atoms with E-state index in [1.54, 1.807) is 25.1 Å². The number of anilines is 1. The smallest absolute Gasteiger partial charge is 0.313 e. The molecule has 0 aromatic heterocycles. The van der Waals surface area contributed by atoms with E-state index in [-0.39, 0.29) is 17.3 Å². The summed E-state index contributed by atoms with van der Waals surface area (Å²) < 4.78 is 5.03. The minimum atomic E-state index is -0.683. The van der Waals surface area contributed by atoms with E-state index in [0.717, 1.165) is 5.56 Å². The Hall–Kier alpha value is -2.08. The first-order valence-corrected chi connectivity index (χ1v) is 9.58. The Morgan fingerprint density at radius 1 is 1.22 bits per heavy atom. The van der Waals surface area contributed by atoms with Crippen molar-refractivity contribution >= 4 is 35.1 Å². The second kappa shape index (κ2) is 8.74. The molecule has 1 N–H and O–H groups in total. The van der Waals surface area contributed by atoms with Crippen molar-refractivity contribution in [2.75, 3.05) is 25.0 Å². The number of likely N-dealkylation sites (tertiary alicyclic amines) is 1. The molecule has 1 aromatic rings. The number of esters is 1. The van der Waals surface area contributed by atoms with E-state index < -0.39 is 11.8 Å². The molecule has 2 rings (SSSR count). The van der Waals surface area contributed by atoms with Gasteiger partial charge in [0.2, 0.25) is 0 Å². The standard InChI is InChI=1S/C20H27ClN2O4/c1-5-27-19(26)13-8-10-23(11-9-13)18(25)17(24)22-16-7-6-14(21)12-15(16)20(2,3)4/h6-7,12-13H,5,8-11H2,1-4H3,(H,22,24). The van der Waals surface area contributed by atoms with E-state index in [2.05, 4.69) is 5.32 Å². The third kappa shape index (κ3) is 5.45. The van der Waals surface area contributed by atoms with Gasteiger partial charge in [0, 0.05) is 23.8 Å². The van der Waals surface area contributed by atoms with Crippen LogP contribution >= 0.6 is 11.6 Å². The highest BCUT2D eigenvalue weighted by molar-refractivity contribution is 6.39. The average molecular weight is 395 g/mol. The maximum absolute atomic E-state index is 12.5. The average Bonchev–Trinajstić information content (AvgIpc) is 2.62. The number of ether oxygens (including phenoxy) is 1. The van der Waals surface area contributed by atoms with Gasteiger partial charge < -0.3 is 15.0 Å². The molecule has 1 heterocycles. The Labute approximate surface area is 165 Å². The first kappa shape index (κ1) is 21.2. The third-order valence-corrected chi connectivity index (χ3v) is 4.87. The minimum absolute atomic E-state index is 0.208. The van der Waals surface area contributed by atoms with Crippen LogP contribution < -0.4 is 5.32 Å². The van der Waals surface area contributed by atoms with Crippen molar-refractivity contribution in [2.45, 2.75) is 46.0 Å². The summed E-state index contributed by atoms with van der Waals surface area (Å²) in [4.78, 5) is 38.2. The summed E-state index contributed by atoms with van der Waals surface area (Å²) in [5.41, 5.74) is 1.19. The van der Waals surface area contributed by atoms with E-state index in [1.807, 2.05) is 20.8 Å². The summed E-state index contributed by atoms with van der Waals surface area (Å²) >= 11 is 6.08. The molecule has 6 nitrogen and oxygen atoms in total. The molecule has 2 amide bonds. The van der Waals surface area contributed by atoms with E-state index >= 15 is 0 Å². The van der Waals surface area contributed by atoms with Crippen LogP contribution in [0.1, 0.15) is 46.1 Å². The minimum Gasteiger partial charge on any atom is -0.466 e. The number of nitrogens with zero attached hydrogens (tertiary/aromatic N) is 1. The number of carbonyl (C=O) groups excluding carboxylic acids is 3. The Morgan fingerprint density at radius 2 is 1.85 bits per heavy atom. The summed E-state index contributed by atoms with van der Waals surface area (Å²) in [7, 11) is 0. The Morgan fingerprint density at radius 3 is 2.41 bits per heavy atom. The fourth-order valence-electron chi connectivity index (χ4n) is 3.14. The van der Waals surface area contributed by atoms with Crippen molar-refractivity contribution < 1.29 is 19.1 Å². The number of amides is 2. The van der Waals surface area contributed by atoms with Crippen LogP contribution in [0, 0.1) is 5.92 Å². The number of carbonyl (C=O) groups is 3. The quantitative estimate of drug-likeness (QED) is 0.629. The van der Waals surface area contributed by atoms with Crippen molar-refractivity contribution in [3.63, 3.8) is 0 Å². The number of nitrogens with one attached hydrogen (secondary N) is 1. The molecule has 1 aliphatic heterocycles. The zero-order chi connectivity index (χ0) is 20.2. The van der Waals surface area contributed by atoms with Gasteiger partial charge in [-0.1, -0.05) is 32.4 Å². The lowest BCUT2D eigenvalue weighted by Crippen LogP contribution is -2.45. The topological polar surface area (TPSA) is 75.7 Å². The van der Waals surface area contributed by atoms with Crippen LogP contribution in [-0.2, 0) is 24.5 Å². The lowest BCUT2D eigenvalue weighted by molar-refractivity contribution is -0.152. The maximum Gasteiger partial charge on any atom is 0.313 e. The second-order valence-corrected chi connectivity index (χ2v) is 8.15. The molecule has 0 atom stereocenters. The predicted octanol–water partition coefficient (Wildman–Crippen LogP) is 3.38. The van der Waals surface area contributed by atoms with Gasteiger partial charge in [-0.3, -0.25) is 14.4 Å². The van der Waals surface area contributed by atoms with Gasteiger partial charge in [0.15, 0.2) is 0 Å². The number of rotatable bonds is 3. The summed E-state index contributed by atoms with van der Waals surface area (Å²) in [6, 6.07) is 5.19. The largest absolute Gasteiger partial charge is 0.466 e. The van der Waals surface area contributed by atoms with Crippen LogP contribution in [0.3, 0.4) is 0 Å². The molecular weight excluding hydrogens is 368 g/mol. The van der Waals surface area contributed by atoms with Gasteiger partial charge in [-0.2, -0.15) is 0 Å². The summed E-state index contributed by atoms with van der Waals surface area (Å²) in [6.45, 7) is 8.87. The molecule has 7 heteroatoms. The molecular formula is C20H27ClN2O4. The Balaban J connectivity index is 2.02. The van der Waals surface area contributed by atoms with Gasteiger partial charge in [0.25, 0.3) is 0 Å². The maximum atomic E-state index is 12.5. The second-order valence-electron chi connectivity index (χ2n) is 7.71. The normalized spacial score (nSPS) is 15.4. The van der Waals surface area contributed by atoms with Crippen molar-refractivity contribution in [3.8, 4) is 0 Å². The first-order valence-electron chi connectivity index (χ1n) is 9.20. The Kier molecular flexibility index (Phi) is 6.87. The number of hydrogen-bond acceptors (Lipinski definition) is 4. The highest BCUT2D eigenvalue weighted by Crippen LogP contribution is 2.32. The number of hydrogen-bond donors (Lipinski definition) is 1. The molecule has 0 spiro atoms. The van der Waals surface area contributed by atoms with Crippen LogP contribution in [-0.4, -0.2) is 42.4 Å². The number of piperidine rings is 1. The fourth-order valence-corrected chi connectivity index (χ4v) is 3.32. The SMILES string of the molecule is CCOC(=O)C1CCN(C(=O)C(=O)Nc2ccc(Cl)cc2C(C)(C)C)CC1. The molecule has 0 bridgehead atoms. The lowest BCUT2D eigenvalue weighted by atomic mass is 9.86. The molecule has 148 valence electrons. The van der Waals surface area contributed by atoms with Crippen LogP contribution in [0.15, 0.2) is 18.2 Å². The molecule has 0 aliphatic carbocycles. The van der Waals surface area contributed by atoms with Crippen LogP contribution in [0.25, 0.3) is 0 Å². The van der Waals surface area contributed by atoms with Crippen molar-refractivity contribution in [2.24, 2.45) is 5.92 Å². The van der Waals surface area contributed by atoms with Crippen molar-refractivity contribution in [3.05, 3.63) is 28.8 Å². The highest BCUT2D eigenvalue weighted by Gasteiger charge is 2.31. The van der Waals surface area contributed by atoms with E-state index in [1.165, 1.54) is 4.90 Å². The van der Waals surface area contributed by atoms with Gasteiger partial charge >= 0.3 is 17.8 Å². The van der Waals surface area contributed by atoms with Gasteiger partial charge in [0.1, 0.15) is 0 Å². The molecule has 27 heavy (non-hydrogen) atoms. The van der Waals surface area contributed by atoms with E-state index in [9.17, 15) is 14.4 Å². The van der Waals surface area contributed by atoms with Crippen LogP contribution in [0.4, 0.5) is 5.69 Å². The van der Waals surface area contributed by atoms with Gasteiger partial charge in [-0.15, -0.1) is 0 Å². The van der Waals surface area contributed by atoms with Crippen molar-refractivity contribution in [1.29, 1.82) is 0 Å². The fraction of sp³-hybridized carbons (Fsp3) is 0.550. The lowest BCUT2D eigenvalue weighted by Gasteiger charge is -2.30. The molecule has 1 aromatic carbocycles. The van der Waals surface area contributed by atoms with Crippen LogP contribution in [0.5, 0.6) is 0 Å². The summed E-state index contributed by atoms with van der Waals surface area (Å²) in [5.74, 6) is -1.71.